The molecular weight excluding hydrogens is 260 g/mol. The molecule has 1 aromatic heterocycles. The van der Waals surface area contributed by atoms with Gasteiger partial charge in [-0.05, 0) is 30.5 Å². The van der Waals surface area contributed by atoms with Gasteiger partial charge in [0.15, 0.2) is 0 Å². The highest BCUT2D eigenvalue weighted by Crippen LogP contribution is 2.11. The van der Waals surface area contributed by atoms with E-state index in [1.807, 2.05) is 48.7 Å². The van der Waals surface area contributed by atoms with Crippen molar-refractivity contribution in [3.05, 3.63) is 58.2 Å². The topological polar surface area (TPSA) is 55.9 Å². The van der Waals surface area contributed by atoms with E-state index >= 15 is 0 Å². The van der Waals surface area contributed by atoms with Gasteiger partial charge in [0.05, 0.1) is 0 Å². The Morgan fingerprint density at radius 1 is 1.37 bits per heavy atom. The third-order valence-electron chi connectivity index (χ3n) is 2.28. The molecule has 0 aliphatic carbocycles. The Balaban J connectivity index is 1.98. The summed E-state index contributed by atoms with van der Waals surface area (Å²) in [6.07, 6.45) is 0. The predicted molar refractivity (Wildman–Crippen MR) is 73.8 cm³/mol. The van der Waals surface area contributed by atoms with Crippen LogP contribution in [0.2, 0.25) is 0 Å². The lowest BCUT2D eigenvalue weighted by Gasteiger charge is -1.95. The number of aliphatic hydroxyl groups is 1. The molecule has 0 aliphatic heterocycles. The number of hydrogen-bond acceptors (Lipinski definition) is 4. The lowest BCUT2D eigenvalue weighted by Crippen LogP contribution is -1.91. The highest BCUT2D eigenvalue weighted by Gasteiger charge is 2.00. The smallest absolute Gasteiger partial charge is 0.441 e. The summed E-state index contributed by atoms with van der Waals surface area (Å²) in [6.45, 7) is 2.30. The Bertz CT molecular complexity index is 620. The van der Waals surface area contributed by atoms with Gasteiger partial charge in [-0.25, -0.2) is 0 Å². The summed E-state index contributed by atoms with van der Waals surface area (Å²) in [6, 6.07) is 11.4. The van der Waals surface area contributed by atoms with Crippen molar-refractivity contribution >= 4 is 22.9 Å². The number of ether oxygens (including phenoxy) is 1. The van der Waals surface area contributed by atoms with Crippen molar-refractivity contribution in [3.63, 3.8) is 0 Å². The van der Waals surface area contributed by atoms with Gasteiger partial charge in [0.1, 0.15) is 22.2 Å². The van der Waals surface area contributed by atoms with Crippen molar-refractivity contribution in [1.82, 2.24) is 0 Å². The van der Waals surface area contributed by atoms with Gasteiger partial charge in [-0.2, -0.15) is 0 Å². The Morgan fingerprint density at radius 3 is 2.84 bits per heavy atom. The third kappa shape index (κ3) is 4.45. The number of benzene rings is 1. The van der Waals surface area contributed by atoms with Gasteiger partial charge in [-0.3, -0.25) is 0 Å². The molecular formula is C14H13N2O2S+. The average Bonchev–Trinajstić information content (AvgIpc) is 2.92. The largest absolute Gasteiger partial charge is 0.470 e. The zero-order valence-electron chi connectivity index (χ0n) is 10.4. The summed E-state index contributed by atoms with van der Waals surface area (Å²) in [5.74, 6) is 1.95. The van der Waals surface area contributed by atoms with E-state index in [1.165, 1.54) is 0 Å². The molecule has 1 N–H and O–H groups in total. The molecule has 0 saturated carbocycles. The predicted octanol–water partition coefficient (Wildman–Crippen LogP) is 3.63. The zero-order chi connectivity index (χ0) is 13.5. The summed E-state index contributed by atoms with van der Waals surface area (Å²) >= 11 is 1.56. The van der Waals surface area contributed by atoms with Crippen molar-refractivity contribution in [1.29, 1.82) is 0 Å². The van der Waals surface area contributed by atoms with Gasteiger partial charge in [0.25, 0.3) is 0 Å². The summed E-state index contributed by atoms with van der Waals surface area (Å²) < 4.78 is 5.06. The quantitative estimate of drug-likeness (QED) is 0.400. The van der Waals surface area contributed by atoms with Crippen LogP contribution in [0.15, 0.2) is 52.8 Å². The monoisotopic (exact) mass is 273 g/mol. The average molecular weight is 273 g/mol. The maximum atomic E-state index is 9.40. The molecule has 2 rings (SSSR count). The maximum Gasteiger partial charge on any atom is 0.441 e. The third-order valence-corrected chi connectivity index (χ3v) is 3.13. The SMILES string of the molecule is Cc1ccc(N=[N+]=C=C(O)OCc2cccs2)cc1. The molecule has 0 fully saturated rings. The van der Waals surface area contributed by atoms with Crippen LogP contribution in [0.3, 0.4) is 0 Å². The van der Waals surface area contributed by atoms with Crippen LogP contribution in [-0.4, -0.2) is 15.8 Å². The van der Waals surface area contributed by atoms with Gasteiger partial charge in [0, 0.05) is 4.88 Å². The Morgan fingerprint density at radius 2 is 2.16 bits per heavy atom. The number of thiophene rings is 1. The highest BCUT2D eigenvalue weighted by molar-refractivity contribution is 7.09. The van der Waals surface area contributed by atoms with Crippen molar-refractivity contribution in [2.75, 3.05) is 0 Å². The minimum absolute atomic E-state index is 0.302. The van der Waals surface area contributed by atoms with E-state index < -0.39 is 0 Å². The second-order valence-corrected chi connectivity index (χ2v) is 4.85. The normalized spacial score (nSPS) is 9.32. The van der Waals surface area contributed by atoms with Crippen molar-refractivity contribution in [2.45, 2.75) is 13.5 Å². The Kier molecular flexibility index (Phi) is 4.54. The fourth-order valence-electron chi connectivity index (χ4n) is 1.30. The maximum absolute atomic E-state index is 9.40. The van der Waals surface area contributed by atoms with Crippen LogP contribution in [0.1, 0.15) is 10.4 Å². The van der Waals surface area contributed by atoms with Gasteiger partial charge < -0.3 is 9.84 Å². The molecule has 2 aromatic rings. The van der Waals surface area contributed by atoms with Crippen LogP contribution < -0.4 is 0 Å². The molecule has 0 atom stereocenters. The minimum Gasteiger partial charge on any atom is -0.470 e. The van der Waals surface area contributed by atoms with Crippen molar-refractivity contribution in [3.8, 4) is 0 Å². The molecule has 0 spiro atoms. The van der Waals surface area contributed by atoms with Crippen molar-refractivity contribution in [2.24, 2.45) is 5.11 Å². The summed E-state index contributed by atoms with van der Waals surface area (Å²) in [5.41, 5.74) is 1.85. The molecule has 1 aromatic carbocycles. The second kappa shape index (κ2) is 6.57. The van der Waals surface area contributed by atoms with Gasteiger partial charge >= 0.3 is 11.8 Å². The van der Waals surface area contributed by atoms with Crippen LogP contribution in [0.5, 0.6) is 0 Å². The standard InChI is InChI=1S/C14H12N2O2S/c1-11-4-6-12(7-5-11)16-15-9-14(17)18-10-13-3-2-8-19-13/h2-8H,10H2,1H3/p+1. The minimum atomic E-state index is -0.371. The molecule has 0 radical (unpaired) electrons. The second-order valence-electron chi connectivity index (χ2n) is 3.82. The van der Waals surface area contributed by atoms with Gasteiger partial charge in [-0.15, -0.1) is 11.3 Å². The van der Waals surface area contributed by atoms with Crippen LogP contribution >= 0.6 is 11.3 Å². The van der Waals surface area contributed by atoms with Gasteiger partial charge in [0.2, 0.25) is 0 Å². The first-order valence-corrected chi connectivity index (χ1v) is 6.56. The van der Waals surface area contributed by atoms with Crippen LogP contribution in [0.25, 0.3) is 0 Å². The van der Waals surface area contributed by atoms with Crippen LogP contribution in [-0.2, 0) is 11.3 Å². The van der Waals surface area contributed by atoms with Crippen LogP contribution in [0.4, 0.5) is 5.69 Å². The fourth-order valence-corrected chi connectivity index (χ4v) is 1.92. The van der Waals surface area contributed by atoms with E-state index in [9.17, 15) is 5.11 Å². The molecule has 19 heavy (non-hydrogen) atoms. The Hall–Kier alpha value is -2.32. The van der Waals surface area contributed by atoms with E-state index in [2.05, 4.69) is 15.8 Å². The van der Waals surface area contributed by atoms with E-state index in [0.29, 0.717) is 12.3 Å². The molecule has 0 amide bonds. The van der Waals surface area contributed by atoms with Crippen LogP contribution in [0, 0.1) is 6.92 Å². The Labute approximate surface area is 115 Å². The molecule has 0 aliphatic rings. The zero-order valence-corrected chi connectivity index (χ0v) is 11.2. The van der Waals surface area contributed by atoms with E-state index in [4.69, 9.17) is 4.74 Å². The molecule has 96 valence electrons. The van der Waals surface area contributed by atoms with E-state index in [0.717, 1.165) is 10.4 Å². The first-order valence-electron chi connectivity index (χ1n) is 5.68. The first kappa shape index (κ1) is 13.1. The number of hydrogen-bond donors (Lipinski definition) is 1. The summed E-state index contributed by atoms with van der Waals surface area (Å²) in [5, 5.41) is 15.2. The van der Waals surface area contributed by atoms with E-state index in [1.54, 1.807) is 11.3 Å². The number of rotatable bonds is 4. The molecule has 5 heteroatoms. The first-order chi connectivity index (χ1) is 9.24. The summed E-state index contributed by atoms with van der Waals surface area (Å²) in [4.78, 5) is 4.65. The molecule has 0 unspecified atom stereocenters. The molecule has 0 bridgehead atoms. The highest BCUT2D eigenvalue weighted by atomic mass is 32.1. The summed E-state index contributed by atoms with van der Waals surface area (Å²) in [7, 11) is 0. The van der Waals surface area contributed by atoms with Crippen molar-refractivity contribution < 1.29 is 14.6 Å². The molecule has 4 nitrogen and oxygen atoms in total. The van der Waals surface area contributed by atoms with Gasteiger partial charge in [-0.1, -0.05) is 23.8 Å². The number of aliphatic hydroxyl groups excluding tert-OH is 1. The van der Waals surface area contributed by atoms with E-state index in [-0.39, 0.29) is 5.95 Å². The number of aryl methyl sites for hydroxylation is 1. The molecule has 0 saturated heterocycles. The lowest BCUT2D eigenvalue weighted by atomic mass is 10.2. The molecule has 1 heterocycles. The fraction of sp³-hybridized carbons (Fsp3) is 0.143. The number of nitrogens with zero attached hydrogens (tertiary/aromatic N) is 2. The lowest BCUT2D eigenvalue weighted by molar-refractivity contribution is -0.0720.